The summed E-state index contributed by atoms with van der Waals surface area (Å²) in [6, 6.07) is 11.8. The summed E-state index contributed by atoms with van der Waals surface area (Å²) in [7, 11) is 4.95. The topological polar surface area (TPSA) is 66.0 Å². The third-order valence-electron chi connectivity index (χ3n) is 4.32. The molecule has 0 aromatic heterocycles. The number of nitrogens with zero attached hydrogens (tertiary/aromatic N) is 2. The number of rotatable bonds is 7. The van der Waals surface area contributed by atoms with Crippen LogP contribution in [0.3, 0.4) is 0 Å². The molecule has 0 radical (unpaired) electrons. The summed E-state index contributed by atoms with van der Waals surface area (Å²) in [6.45, 7) is 1.19. The van der Waals surface area contributed by atoms with Gasteiger partial charge >= 0.3 is 6.18 Å². The van der Waals surface area contributed by atoms with Gasteiger partial charge in [0.25, 0.3) is 5.91 Å². The SMILES string of the molecule is CN=C(NCCNC(=O)c1ccc(OC)cc1)N(C)Cc1ccc(C(F)(F)F)cc1.I. The molecule has 0 saturated heterocycles. The van der Waals surface area contributed by atoms with Gasteiger partial charge in [0.2, 0.25) is 0 Å². The molecule has 0 fully saturated rings. The van der Waals surface area contributed by atoms with Crippen LogP contribution >= 0.6 is 24.0 Å². The van der Waals surface area contributed by atoms with Crippen molar-refractivity contribution in [1.29, 1.82) is 0 Å². The lowest BCUT2D eigenvalue weighted by molar-refractivity contribution is -0.137. The van der Waals surface area contributed by atoms with Crippen molar-refractivity contribution in [3.05, 3.63) is 65.2 Å². The van der Waals surface area contributed by atoms with Crippen LogP contribution in [0.5, 0.6) is 5.75 Å². The molecule has 31 heavy (non-hydrogen) atoms. The summed E-state index contributed by atoms with van der Waals surface area (Å²) in [4.78, 5) is 18.1. The Bertz CT molecular complexity index is 856. The minimum atomic E-state index is -4.35. The number of halogens is 4. The third kappa shape index (κ3) is 8.27. The third-order valence-corrected chi connectivity index (χ3v) is 4.32. The van der Waals surface area contributed by atoms with Crippen LogP contribution in [0, 0.1) is 0 Å². The number of hydrogen-bond acceptors (Lipinski definition) is 3. The Morgan fingerprint density at radius 3 is 2.13 bits per heavy atom. The zero-order valence-corrected chi connectivity index (χ0v) is 19.8. The molecule has 2 rings (SSSR count). The van der Waals surface area contributed by atoms with Gasteiger partial charge in [0.15, 0.2) is 5.96 Å². The lowest BCUT2D eigenvalue weighted by Crippen LogP contribution is -2.42. The van der Waals surface area contributed by atoms with Crippen molar-refractivity contribution in [2.45, 2.75) is 12.7 Å². The first kappa shape index (κ1) is 26.5. The second-order valence-corrected chi connectivity index (χ2v) is 6.51. The average molecular weight is 550 g/mol. The zero-order chi connectivity index (χ0) is 22.1. The molecule has 2 aromatic carbocycles. The fourth-order valence-electron chi connectivity index (χ4n) is 2.73. The second-order valence-electron chi connectivity index (χ2n) is 6.51. The summed E-state index contributed by atoms with van der Waals surface area (Å²) >= 11 is 0. The maximum atomic E-state index is 12.7. The van der Waals surface area contributed by atoms with Crippen LogP contribution in [-0.2, 0) is 12.7 Å². The van der Waals surface area contributed by atoms with Crippen molar-refractivity contribution in [2.24, 2.45) is 4.99 Å². The molecule has 0 aliphatic rings. The van der Waals surface area contributed by atoms with Gasteiger partial charge in [0.1, 0.15) is 5.75 Å². The van der Waals surface area contributed by atoms with Crippen LogP contribution in [0.15, 0.2) is 53.5 Å². The minimum Gasteiger partial charge on any atom is -0.497 e. The molecule has 0 spiro atoms. The Morgan fingerprint density at radius 2 is 1.61 bits per heavy atom. The van der Waals surface area contributed by atoms with E-state index < -0.39 is 11.7 Å². The van der Waals surface area contributed by atoms with Crippen LogP contribution in [0.4, 0.5) is 13.2 Å². The molecule has 0 bridgehead atoms. The van der Waals surface area contributed by atoms with Gasteiger partial charge in [-0.3, -0.25) is 9.79 Å². The van der Waals surface area contributed by atoms with Gasteiger partial charge in [-0.1, -0.05) is 12.1 Å². The quantitative estimate of drug-likeness (QED) is 0.239. The molecule has 170 valence electrons. The van der Waals surface area contributed by atoms with Gasteiger partial charge in [-0.15, -0.1) is 24.0 Å². The number of aliphatic imine (C=N–C) groups is 1. The van der Waals surface area contributed by atoms with Gasteiger partial charge in [-0.05, 0) is 42.0 Å². The van der Waals surface area contributed by atoms with Gasteiger partial charge in [0.05, 0.1) is 12.7 Å². The Hall–Kier alpha value is -2.50. The van der Waals surface area contributed by atoms with Crippen molar-refractivity contribution in [3.63, 3.8) is 0 Å². The zero-order valence-electron chi connectivity index (χ0n) is 17.5. The van der Waals surface area contributed by atoms with Crippen molar-refractivity contribution in [2.75, 3.05) is 34.3 Å². The van der Waals surface area contributed by atoms with E-state index in [0.29, 0.717) is 36.9 Å². The molecular formula is C21H26F3IN4O2. The van der Waals surface area contributed by atoms with E-state index in [1.54, 1.807) is 50.4 Å². The molecule has 2 N–H and O–H groups in total. The van der Waals surface area contributed by atoms with Crippen molar-refractivity contribution < 1.29 is 22.7 Å². The van der Waals surface area contributed by atoms with Gasteiger partial charge in [-0.25, -0.2) is 0 Å². The molecule has 10 heteroatoms. The van der Waals surface area contributed by atoms with Gasteiger partial charge in [0, 0.05) is 39.3 Å². The number of alkyl halides is 3. The predicted octanol–water partition coefficient (Wildman–Crippen LogP) is 3.77. The fraction of sp³-hybridized carbons (Fsp3) is 0.333. The number of hydrogen-bond donors (Lipinski definition) is 2. The highest BCUT2D eigenvalue weighted by molar-refractivity contribution is 14.0. The van der Waals surface area contributed by atoms with Crippen LogP contribution in [-0.4, -0.2) is 51.1 Å². The van der Waals surface area contributed by atoms with Crippen LogP contribution in [0.2, 0.25) is 0 Å². The number of carbonyl (C=O) groups excluding carboxylic acids is 1. The first-order chi connectivity index (χ1) is 14.2. The van der Waals surface area contributed by atoms with Crippen molar-refractivity contribution in [3.8, 4) is 5.75 Å². The van der Waals surface area contributed by atoms with E-state index in [-0.39, 0.29) is 29.9 Å². The van der Waals surface area contributed by atoms with Crippen LogP contribution in [0.25, 0.3) is 0 Å². The molecule has 0 aliphatic heterocycles. The molecule has 2 aromatic rings. The average Bonchev–Trinajstić information content (AvgIpc) is 2.73. The monoisotopic (exact) mass is 550 g/mol. The molecule has 0 atom stereocenters. The number of nitrogens with one attached hydrogen (secondary N) is 2. The Morgan fingerprint density at radius 1 is 1.03 bits per heavy atom. The summed E-state index contributed by atoms with van der Waals surface area (Å²) in [5, 5.41) is 5.91. The summed E-state index contributed by atoms with van der Waals surface area (Å²) in [6.07, 6.45) is -4.35. The van der Waals surface area contributed by atoms with Gasteiger partial charge < -0.3 is 20.3 Å². The minimum absolute atomic E-state index is 0. The number of ether oxygens (including phenoxy) is 1. The molecule has 6 nitrogen and oxygen atoms in total. The Kier molecular flexibility index (Phi) is 10.6. The van der Waals surface area contributed by atoms with Crippen LogP contribution < -0.4 is 15.4 Å². The fourth-order valence-corrected chi connectivity index (χ4v) is 2.73. The maximum absolute atomic E-state index is 12.7. The van der Waals surface area contributed by atoms with E-state index >= 15 is 0 Å². The largest absolute Gasteiger partial charge is 0.497 e. The predicted molar refractivity (Wildman–Crippen MR) is 125 cm³/mol. The van der Waals surface area contributed by atoms with E-state index in [4.69, 9.17) is 4.74 Å². The molecular weight excluding hydrogens is 524 g/mol. The normalized spacial score (nSPS) is 11.4. The summed E-state index contributed by atoms with van der Waals surface area (Å²) < 4.78 is 43.0. The van der Waals surface area contributed by atoms with Crippen LogP contribution in [0.1, 0.15) is 21.5 Å². The van der Waals surface area contributed by atoms with E-state index in [2.05, 4.69) is 15.6 Å². The Labute approximate surface area is 196 Å². The standard InChI is InChI=1S/C21H25F3N4O2.HI/c1-25-20(28(2)14-15-4-8-17(9-5-15)21(22,23)24)27-13-12-26-19(29)16-6-10-18(30-3)11-7-16;/h4-11H,12-14H2,1-3H3,(H,25,27)(H,26,29);1H. The number of guanidine groups is 1. The molecule has 0 saturated carbocycles. The number of benzene rings is 2. The van der Waals surface area contributed by atoms with E-state index in [1.165, 1.54) is 12.1 Å². The van der Waals surface area contributed by atoms with Gasteiger partial charge in [-0.2, -0.15) is 13.2 Å². The number of methoxy groups -OCH3 is 1. The first-order valence-corrected chi connectivity index (χ1v) is 9.24. The lowest BCUT2D eigenvalue weighted by atomic mass is 10.1. The molecule has 1 amide bonds. The number of carbonyl (C=O) groups is 1. The van der Waals surface area contributed by atoms with E-state index in [1.807, 2.05) is 0 Å². The first-order valence-electron chi connectivity index (χ1n) is 9.24. The molecule has 0 aliphatic carbocycles. The smallest absolute Gasteiger partial charge is 0.416 e. The highest BCUT2D eigenvalue weighted by atomic mass is 127. The molecule has 0 unspecified atom stereocenters. The maximum Gasteiger partial charge on any atom is 0.416 e. The highest BCUT2D eigenvalue weighted by Gasteiger charge is 2.29. The summed E-state index contributed by atoms with van der Waals surface area (Å²) in [5.74, 6) is 1.04. The van der Waals surface area contributed by atoms with E-state index in [0.717, 1.165) is 17.7 Å². The second kappa shape index (κ2) is 12.4. The highest BCUT2D eigenvalue weighted by Crippen LogP contribution is 2.29. The van der Waals surface area contributed by atoms with Crippen molar-refractivity contribution in [1.82, 2.24) is 15.5 Å². The molecule has 0 heterocycles. The summed E-state index contributed by atoms with van der Waals surface area (Å²) in [5.41, 5.74) is 0.574. The number of amides is 1. The van der Waals surface area contributed by atoms with E-state index in [9.17, 15) is 18.0 Å². The van der Waals surface area contributed by atoms with Crippen molar-refractivity contribution >= 4 is 35.8 Å². The Balaban J connectivity index is 0.00000480. The lowest BCUT2D eigenvalue weighted by Gasteiger charge is -2.22.